The molecule has 0 radical (unpaired) electrons. The smallest absolute Gasteiger partial charge is 0.230 e. The lowest BCUT2D eigenvalue weighted by Crippen LogP contribution is -2.27. The Morgan fingerprint density at radius 3 is 2.12 bits per heavy atom. The highest BCUT2D eigenvalue weighted by Crippen LogP contribution is 2.27. The molecule has 1 amide bonds. The number of hydrogen-bond donors (Lipinski definition) is 1. The first-order chi connectivity index (χ1) is 12.3. The van der Waals surface area contributed by atoms with Crippen molar-refractivity contribution in [1.29, 1.82) is 0 Å². The van der Waals surface area contributed by atoms with E-state index in [1.807, 2.05) is 29.6 Å². The first-order valence-electron chi connectivity index (χ1n) is 8.36. The highest BCUT2D eigenvalue weighted by molar-refractivity contribution is 8.01. The van der Waals surface area contributed by atoms with Crippen molar-refractivity contribution in [1.82, 2.24) is 5.32 Å². The van der Waals surface area contributed by atoms with E-state index in [9.17, 15) is 4.79 Å². The van der Waals surface area contributed by atoms with E-state index < -0.39 is 0 Å². The van der Waals surface area contributed by atoms with Gasteiger partial charge in [-0.25, -0.2) is 0 Å². The zero-order chi connectivity index (χ0) is 17.3. The molecule has 1 heterocycles. The van der Waals surface area contributed by atoms with Crippen LogP contribution in [-0.2, 0) is 4.79 Å². The Labute approximate surface area is 157 Å². The maximum absolute atomic E-state index is 12.1. The third-order valence-corrected chi connectivity index (χ3v) is 6.13. The van der Waals surface area contributed by atoms with Crippen molar-refractivity contribution in [3.63, 3.8) is 0 Å². The summed E-state index contributed by atoms with van der Waals surface area (Å²) in [4.78, 5) is 12.1. The molecule has 0 spiro atoms. The van der Waals surface area contributed by atoms with Gasteiger partial charge in [0.25, 0.3) is 0 Å². The summed E-state index contributed by atoms with van der Waals surface area (Å²) in [7, 11) is 0. The van der Waals surface area contributed by atoms with Crippen LogP contribution in [0, 0.1) is 0 Å². The fourth-order valence-corrected chi connectivity index (χ4v) is 4.40. The first-order valence-corrected chi connectivity index (χ1v) is 10.2. The molecule has 0 saturated carbocycles. The molecule has 2 nitrogen and oxygen atoms in total. The van der Waals surface area contributed by atoms with E-state index in [-0.39, 0.29) is 5.91 Å². The van der Waals surface area contributed by atoms with Crippen LogP contribution in [0.2, 0.25) is 0 Å². The van der Waals surface area contributed by atoms with Gasteiger partial charge >= 0.3 is 0 Å². The summed E-state index contributed by atoms with van der Waals surface area (Å²) in [6.07, 6.45) is 0.892. The van der Waals surface area contributed by atoms with Gasteiger partial charge in [0.15, 0.2) is 0 Å². The molecular formula is C21H21NOS2. The molecular weight excluding hydrogens is 346 g/mol. The maximum atomic E-state index is 12.1. The summed E-state index contributed by atoms with van der Waals surface area (Å²) in [5, 5.41) is 5.09. The summed E-state index contributed by atoms with van der Waals surface area (Å²) in [6, 6.07) is 25.0. The number of nitrogens with one attached hydrogen (secondary N) is 1. The van der Waals surface area contributed by atoms with Crippen molar-refractivity contribution in [2.24, 2.45) is 0 Å². The molecule has 0 atom stereocenters. The molecule has 128 valence electrons. The monoisotopic (exact) mass is 367 g/mol. The number of rotatable bonds is 8. The van der Waals surface area contributed by atoms with Gasteiger partial charge in [-0.15, -0.1) is 23.1 Å². The Bertz CT molecular complexity index is 718. The predicted octanol–water partition coefficient (Wildman–Crippen LogP) is 5.18. The number of hydrogen-bond acceptors (Lipinski definition) is 3. The second kappa shape index (κ2) is 9.44. The molecule has 3 aromatic rings. The highest BCUT2D eigenvalue weighted by Gasteiger charge is 2.14. The van der Waals surface area contributed by atoms with Gasteiger partial charge in [0.2, 0.25) is 5.91 Å². The van der Waals surface area contributed by atoms with Gasteiger partial charge in [0, 0.05) is 12.5 Å². The van der Waals surface area contributed by atoms with Crippen LogP contribution in [-0.4, -0.2) is 18.2 Å². The third kappa shape index (κ3) is 5.48. The summed E-state index contributed by atoms with van der Waals surface area (Å²) in [6.45, 7) is 0.679. The second-order valence-electron chi connectivity index (χ2n) is 5.73. The molecule has 0 aliphatic heterocycles. The van der Waals surface area contributed by atoms with Gasteiger partial charge in [-0.05, 0) is 29.0 Å². The molecule has 1 N–H and O–H groups in total. The average molecular weight is 368 g/mol. The molecule has 0 fully saturated rings. The molecule has 25 heavy (non-hydrogen) atoms. The number of benzene rings is 2. The fraction of sp³-hybridized carbons (Fsp3) is 0.190. The van der Waals surface area contributed by atoms with E-state index in [2.05, 4.69) is 53.8 Å². The van der Waals surface area contributed by atoms with Gasteiger partial charge in [-0.2, -0.15) is 0 Å². The van der Waals surface area contributed by atoms with Gasteiger partial charge in [-0.1, -0.05) is 66.7 Å². The van der Waals surface area contributed by atoms with Crippen molar-refractivity contribution in [3.05, 3.63) is 89.3 Å². The maximum Gasteiger partial charge on any atom is 0.230 e. The lowest BCUT2D eigenvalue weighted by atomic mass is 9.88. The topological polar surface area (TPSA) is 29.1 Å². The lowest BCUT2D eigenvalue weighted by molar-refractivity contribution is -0.118. The molecule has 2 aromatic carbocycles. The van der Waals surface area contributed by atoms with Gasteiger partial charge in [-0.3, -0.25) is 4.79 Å². The van der Waals surface area contributed by atoms with Crippen LogP contribution in [0.15, 0.2) is 82.4 Å². The molecule has 0 unspecified atom stereocenters. The molecule has 0 aliphatic carbocycles. The standard InChI is InChI=1S/C21H21NOS2/c23-20(16-25-21-12-7-15-24-21)22-14-13-19(17-8-3-1-4-9-17)18-10-5-2-6-11-18/h1-12,15,19H,13-14,16H2,(H,22,23). The summed E-state index contributed by atoms with van der Waals surface area (Å²) >= 11 is 3.26. The summed E-state index contributed by atoms with van der Waals surface area (Å²) < 4.78 is 1.18. The molecule has 4 heteroatoms. The number of carbonyl (C=O) groups excluding carboxylic acids is 1. The van der Waals surface area contributed by atoms with Gasteiger partial charge < -0.3 is 5.32 Å². The zero-order valence-corrected chi connectivity index (χ0v) is 15.6. The van der Waals surface area contributed by atoms with Gasteiger partial charge in [0.1, 0.15) is 0 Å². The number of thiophene rings is 1. The number of thioether (sulfide) groups is 1. The fourth-order valence-electron chi connectivity index (χ4n) is 2.79. The van der Waals surface area contributed by atoms with Crippen LogP contribution >= 0.6 is 23.1 Å². The van der Waals surface area contributed by atoms with E-state index >= 15 is 0 Å². The average Bonchev–Trinajstić information content (AvgIpc) is 3.19. The Morgan fingerprint density at radius 2 is 1.56 bits per heavy atom. The number of carbonyl (C=O) groups is 1. The highest BCUT2D eigenvalue weighted by atomic mass is 32.2. The van der Waals surface area contributed by atoms with Crippen LogP contribution in [0.4, 0.5) is 0 Å². The third-order valence-electron chi connectivity index (χ3n) is 4.00. The van der Waals surface area contributed by atoms with E-state index in [0.717, 1.165) is 6.42 Å². The minimum Gasteiger partial charge on any atom is -0.355 e. The second-order valence-corrected chi connectivity index (χ2v) is 7.96. The largest absolute Gasteiger partial charge is 0.355 e. The van der Waals surface area contributed by atoms with E-state index in [4.69, 9.17) is 0 Å². The predicted molar refractivity (Wildman–Crippen MR) is 107 cm³/mol. The normalized spacial score (nSPS) is 10.8. The van der Waals surface area contributed by atoms with Crippen molar-refractivity contribution in [2.45, 2.75) is 16.5 Å². The molecule has 0 bridgehead atoms. The molecule has 3 rings (SSSR count). The minimum absolute atomic E-state index is 0.0956. The summed E-state index contributed by atoms with van der Waals surface area (Å²) in [5.74, 6) is 0.868. The molecule has 0 aliphatic rings. The van der Waals surface area contributed by atoms with Gasteiger partial charge in [0.05, 0.1) is 9.96 Å². The van der Waals surface area contributed by atoms with Crippen LogP contribution in [0.1, 0.15) is 23.5 Å². The molecule has 0 saturated heterocycles. The first kappa shape index (κ1) is 17.8. The Balaban J connectivity index is 1.55. The molecule has 1 aromatic heterocycles. The van der Waals surface area contributed by atoms with Crippen LogP contribution < -0.4 is 5.32 Å². The summed E-state index contributed by atoms with van der Waals surface area (Å²) in [5.41, 5.74) is 2.58. The Kier molecular flexibility index (Phi) is 6.71. The Hall–Kier alpha value is -2.04. The van der Waals surface area contributed by atoms with Crippen LogP contribution in [0.5, 0.6) is 0 Å². The lowest BCUT2D eigenvalue weighted by Gasteiger charge is -2.18. The van der Waals surface area contributed by atoms with Crippen molar-refractivity contribution < 1.29 is 4.79 Å². The zero-order valence-electron chi connectivity index (χ0n) is 13.9. The van der Waals surface area contributed by atoms with E-state index in [0.29, 0.717) is 18.2 Å². The minimum atomic E-state index is 0.0956. The number of amides is 1. The van der Waals surface area contributed by atoms with Crippen molar-refractivity contribution in [3.8, 4) is 0 Å². The van der Waals surface area contributed by atoms with Crippen molar-refractivity contribution >= 4 is 29.0 Å². The van der Waals surface area contributed by atoms with E-state index in [1.165, 1.54) is 15.3 Å². The van der Waals surface area contributed by atoms with Crippen LogP contribution in [0.25, 0.3) is 0 Å². The van der Waals surface area contributed by atoms with E-state index in [1.54, 1.807) is 23.1 Å². The van der Waals surface area contributed by atoms with Crippen LogP contribution in [0.3, 0.4) is 0 Å². The van der Waals surface area contributed by atoms with Crippen molar-refractivity contribution in [2.75, 3.05) is 12.3 Å². The SMILES string of the molecule is O=C(CSc1cccs1)NCCC(c1ccccc1)c1ccccc1. The Morgan fingerprint density at radius 1 is 0.920 bits per heavy atom. The quantitative estimate of drug-likeness (QED) is 0.556.